The maximum absolute atomic E-state index is 12.6. The molecule has 0 radical (unpaired) electrons. The van der Waals surface area contributed by atoms with Crippen LogP contribution in [0.2, 0.25) is 0 Å². The minimum absolute atomic E-state index is 0.357. The molecule has 0 spiro atoms. The zero-order valence-electron chi connectivity index (χ0n) is 9.95. The van der Waals surface area contributed by atoms with E-state index >= 15 is 0 Å². The van der Waals surface area contributed by atoms with Gasteiger partial charge in [0.2, 0.25) is 0 Å². The second-order valence-electron chi connectivity index (χ2n) is 4.73. The van der Waals surface area contributed by atoms with E-state index in [9.17, 15) is 18.3 Å². The van der Waals surface area contributed by atoms with Crippen LogP contribution in [0, 0.1) is 0 Å². The van der Waals surface area contributed by atoms with E-state index in [1.165, 1.54) is 12.1 Å². The molecule has 2 nitrogen and oxygen atoms in total. The molecule has 1 atom stereocenters. The Bertz CT molecular complexity index is 405. The predicted molar refractivity (Wildman–Crippen MR) is 62.0 cm³/mol. The second kappa shape index (κ2) is 5.28. The van der Waals surface area contributed by atoms with Crippen LogP contribution in [0.25, 0.3) is 0 Å². The summed E-state index contributed by atoms with van der Waals surface area (Å²) in [4.78, 5) is 1.99. The van der Waals surface area contributed by atoms with Crippen LogP contribution in [0.5, 0.6) is 0 Å². The molecular weight excluding hydrogens is 243 g/mol. The number of nitrogens with zero attached hydrogens (tertiary/aromatic N) is 1. The number of piperidine rings is 1. The van der Waals surface area contributed by atoms with Crippen LogP contribution in [-0.2, 0) is 12.7 Å². The molecule has 0 aromatic heterocycles. The van der Waals surface area contributed by atoms with Gasteiger partial charge in [-0.25, -0.2) is 0 Å². The minimum Gasteiger partial charge on any atom is -0.392 e. The van der Waals surface area contributed by atoms with Gasteiger partial charge in [-0.3, -0.25) is 4.90 Å². The minimum atomic E-state index is -4.29. The summed E-state index contributed by atoms with van der Waals surface area (Å²) in [5, 5.41) is 9.52. The topological polar surface area (TPSA) is 23.5 Å². The van der Waals surface area contributed by atoms with E-state index in [1.54, 1.807) is 6.07 Å². The number of aliphatic hydroxyl groups is 1. The Kier molecular flexibility index (Phi) is 3.92. The molecule has 1 saturated heterocycles. The molecule has 5 heteroatoms. The third kappa shape index (κ3) is 3.46. The summed E-state index contributed by atoms with van der Waals surface area (Å²) in [5.74, 6) is 0. The molecule has 18 heavy (non-hydrogen) atoms. The first-order chi connectivity index (χ1) is 8.45. The average Bonchev–Trinajstić information content (AvgIpc) is 2.28. The van der Waals surface area contributed by atoms with Crippen LogP contribution in [0.3, 0.4) is 0 Å². The second-order valence-corrected chi connectivity index (χ2v) is 4.73. The third-order valence-corrected chi connectivity index (χ3v) is 3.14. The summed E-state index contributed by atoms with van der Waals surface area (Å²) in [5.41, 5.74) is 0.0245. The molecule has 0 aliphatic carbocycles. The fourth-order valence-electron chi connectivity index (χ4n) is 2.28. The molecular formula is C13H16F3NO. The van der Waals surface area contributed by atoms with Crippen LogP contribution < -0.4 is 0 Å². The zero-order chi connectivity index (χ0) is 13.2. The molecule has 1 aliphatic heterocycles. The first-order valence-electron chi connectivity index (χ1n) is 6.02. The third-order valence-electron chi connectivity index (χ3n) is 3.14. The number of aliphatic hydroxyl groups excluding tert-OH is 1. The van der Waals surface area contributed by atoms with Gasteiger partial charge in [0, 0.05) is 13.1 Å². The standard InChI is InChI=1S/C13H16F3NO/c14-13(15,16)11-4-1-3-10(7-11)8-17-6-2-5-12(18)9-17/h1,3-4,7,12,18H,2,5-6,8-9H2. The van der Waals surface area contributed by atoms with Crippen molar-refractivity contribution in [2.75, 3.05) is 13.1 Å². The van der Waals surface area contributed by atoms with Gasteiger partial charge in [0.1, 0.15) is 0 Å². The van der Waals surface area contributed by atoms with Gasteiger partial charge in [-0.1, -0.05) is 18.2 Å². The van der Waals surface area contributed by atoms with Crippen LogP contribution >= 0.6 is 0 Å². The van der Waals surface area contributed by atoms with E-state index in [-0.39, 0.29) is 6.10 Å². The lowest BCUT2D eigenvalue weighted by Gasteiger charge is -2.30. The molecule has 1 aromatic rings. The quantitative estimate of drug-likeness (QED) is 0.882. The van der Waals surface area contributed by atoms with E-state index in [4.69, 9.17) is 0 Å². The van der Waals surface area contributed by atoms with Gasteiger partial charge in [0.05, 0.1) is 11.7 Å². The van der Waals surface area contributed by atoms with Crippen molar-refractivity contribution < 1.29 is 18.3 Å². The number of likely N-dealkylation sites (tertiary alicyclic amines) is 1. The molecule has 1 aliphatic rings. The molecule has 0 saturated carbocycles. The highest BCUT2D eigenvalue weighted by atomic mass is 19.4. The predicted octanol–water partition coefficient (Wildman–Crippen LogP) is 2.66. The molecule has 100 valence electrons. The maximum atomic E-state index is 12.6. The van der Waals surface area contributed by atoms with Gasteiger partial charge < -0.3 is 5.11 Å². The van der Waals surface area contributed by atoms with Crippen LogP contribution in [-0.4, -0.2) is 29.2 Å². The van der Waals surface area contributed by atoms with Crippen molar-refractivity contribution in [2.24, 2.45) is 0 Å². The number of rotatable bonds is 2. The SMILES string of the molecule is OC1CCCN(Cc2cccc(C(F)(F)F)c2)C1. The first-order valence-corrected chi connectivity index (χ1v) is 6.02. The van der Waals surface area contributed by atoms with Crippen molar-refractivity contribution in [3.63, 3.8) is 0 Å². The van der Waals surface area contributed by atoms with Crippen LogP contribution in [0.4, 0.5) is 13.2 Å². The maximum Gasteiger partial charge on any atom is 0.416 e. The Balaban J connectivity index is 2.05. The number of β-amino-alcohol motifs (C(OH)–C–C–N with tert-alkyl or cyclic N) is 1. The Labute approximate surface area is 104 Å². The summed E-state index contributed by atoms with van der Waals surface area (Å²) in [6.07, 6.45) is -2.99. The van der Waals surface area contributed by atoms with E-state index in [0.29, 0.717) is 18.7 Å². The highest BCUT2D eigenvalue weighted by molar-refractivity contribution is 5.25. The first kappa shape index (κ1) is 13.4. The van der Waals surface area contributed by atoms with Crippen molar-refractivity contribution in [2.45, 2.75) is 31.7 Å². The molecule has 0 amide bonds. The van der Waals surface area contributed by atoms with E-state index in [2.05, 4.69) is 0 Å². The van der Waals surface area contributed by atoms with E-state index in [0.717, 1.165) is 25.5 Å². The lowest BCUT2D eigenvalue weighted by Crippen LogP contribution is -2.37. The molecule has 2 rings (SSSR count). The molecule has 0 bridgehead atoms. The fourth-order valence-corrected chi connectivity index (χ4v) is 2.28. The summed E-state index contributed by atoms with van der Waals surface area (Å²) >= 11 is 0. The van der Waals surface area contributed by atoms with Crippen molar-refractivity contribution >= 4 is 0 Å². The highest BCUT2D eigenvalue weighted by Crippen LogP contribution is 2.29. The Morgan fingerprint density at radius 1 is 1.33 bits per heavy atom. The number of hydrogen-bond donors (Lipinski definition) is 1. The van der Waals surface area contributed by atoms with Gasteiger partial charge in [-0.05, 0) is 31.0 Å². The summed E-state index contributed by atoms with van der Waals surface area (Å²) < 4.78 is 37.7. The summed E-state index contributed by atoms with van der Waals surface area (Å²) in [6.45, 7) is 1.82. The van der Waals surface area contributed by atoms with Crippen molar-refractivity contribution in [1.82, 2.24) is 4.90 Å². The summed E-state index contributed by atoms with van der Waals surface area (Å²) in [7, 11) is 0. The fraction of sp³-hybridized carbons (Fsp3) is 0.538. The molecule has 1 heterocycles. The Hall–Kier alpha value is -1.07. The van der Waals surface area contributed by atoms with Gasteiger partial charge in [-0.2, -0.15) is 13.2 Å². The van der Waals surface area contributed by atoms with E-state index in [1.807, 2.05) is 4.90 Å². The Morgan fingerprint density at radius 3 is 2.78 bits per heavy atom. The monoisotopic (exact) mass is 259 g/mol. The lowest BCUT2D eigenvalue weighted by molar-refractivity contribution is -0.137. The number of halogens is 3. The highest BCUT2D eigenvalue weighted by Gasteiger charge is 2.30. The van der Waals surface area contributed by atoms with Crippen LogP contribution in [0.1, 0.15) is 24.0 Å². The average molecular weight is 259 g/mol. The van der Waals surface area contributed by atoms with Gasteiger partial charge in [0.15, 0.2) is 0 Å². The van der Waals surface area contributed by atoms with Gasteiger partial charge >= 0.3 is 6.18 Å². The number of hydrogen-bond acceptors (Lipinski definition) is 2. The number of benzene rings is 1. The largest absolute Gasteiger partial charge is 0.416 e. The summed E-state index contributed by atoms with van der Waals surface area (Å²) in [6, 6.07) is 5.38. The van der Waals surface area contributed by atoms with Gasteiger partial charge in [-0.15, -0.1) is 0 Å². The van der Waals surface area contributed by atoms with E-state index < -0.39 is 11.7 Å². The smallest absolute Gasteiger partial charge is 0.392 e. The zero-order valence-corrected chi connectivity index (χ0v) is 9.95. The van der Waals surface area contributed by atoms with Crippen molar-refractivity contribution in [3.05, 3.63) is 35.4 Å². The molecule has 1 unspecified atom stereocenters. The van der Waals surface area contributed by atoms with Gasteiger partial charge in [0.25, 0.3) is 0 Å². The molecule has 1 fully saturated rings. The van der Waals surface area contributed by atoms with Crippen LogP contribution in [0.15, 0.2) is 24.3 Å². The normalized spacial score (nSPS) is 22.1. The molecule has 1 aromatic carbocycles. The number of alkyl halides is 3. The molecule has 1 N–H and O–H groups in total. The Morgan fingerprint density at radius 2 is 2.11 bits per heavy atom. The lowest BCUT2D eigenvalue weighted by atomic mass is 10.1. The van der Waals surface area contributed by atoms with Crippen molar-refractivity contribution in [1.29, 1.82) is 0 Å². The van der Waals surface area contributed by atoms with Crippen molar-refractivity contribution in [3.8, 4) is 0 Å².